The number of hydrogen-bond donors (Lipinski definition) is 6. The number of carbonyl (C=O) groups excluding carboxylic acids is 2. The van der Waals surface area contributed by atoms with Crippen LogP contribution in [0.3, 0.4) is 0 Å². The number of aliphatic hydroxyl groups excluding tert-OH is 4. The Bertz CT molecular complexity index is 833. The molecule has 0 saturated heterocycles. The van der Waals surface area contributed by atoms with Crippen molar-refractivity contribution in [1.29, 1.82) is 0 Å². The van der Waals surface area contributed by atoms with Crippen molar-refractivity contribution in [3.05, 3.63) is 59.7 Å². The fraction of sp³-hybridized carbons (Fsp3) is 0.364. The van der Waals surface area contributed by atoms with Crippen molar-refractivity contribution in [3.63, 3.8) is 0 Å². The third-order valence-corrected chi connectivity index (χ3v) is 5.15. The number of rotatable bonds is 6. The molecular formula is C22H24O10. The van der Waals surface area contributed by atoms with E-state index in [0.717, 1.165) is 0 Å². The number of benzene rings is 2. The number of phenols is 2. The molecule has 0 amide bonds. The highest BCUT2D eigenvalue weighted by Crippen LogP contribution is 2.27. The Kier molecular flexibility index (Phi) is 7.31. The van der Waals surface area contributed by atoms with Crippen LogP contribution < -0.4 is 0 Å². The average Bonchev–Trinajstić information content (AvgIpc) is 2.76. The Hall–Kier alpha value is -3.18. The zero-order chi connectivity index (χ0) is 23.4. The van der Waals surface area contributed by atoms with Crippen molar-refractivity contribution in [3.8, 4) is 11.5 Å². The third kappa shape index (κ3) is 5.54. The van der Waals surface area contributed by atoms with Gasteiger partial charge in [0.05, 0.1) is 12.8 Å². The van der Waals surface area contributed by atoms with E-state index in [4.69, 9.17) is 9.47 Å². The van der Waals surface area contributed by atoms with Gasteiger partial charge in [-0.25, -0.2) is 0 Å². The van der Waals surface area contributed by atoms with Crippen LogP contribution in [0.4, 0.5) is 0 Å². The van der Waals surface area contributed by atoms with Gasteiger partial charge in [0.15, 0.2) is 12.2 Å². The van der Waals surface area contributed by atoms with Gasteiger partial charge in [-0.2, -0.15) is 0 Å². The molecule has 0 heterocycles. The molecule has 0 aromatic heterocycles. The topological polar surface area (TPSA) is 174 Å². The molecule has 1 fully saturated rings. The van der Waals surface area contributed by atoms with Crippen LogP contribution in [0.5, 0.6) is 11.5 Å². The lowest BCUT2D eigenvalue weighted by atomic mass is 9.84. The van der Waals surface area contributed by atoms with Crippen molar-refractivity contribution < 1.29 is 49.7 Å². The lowest BCUT2D eigenvalue weighted by Crippen LogP contribution is -2.65. The summed E-state index contributed by atoms with van der Waals surface area (Å²) in [5, 5.41) is 59.9. The number of carbonyl (C=O) groups is 2. The lowest BCUT2D eigenvalue weighted by Gasteiger charge is -2.42. The SMILES string of the molecule is O=C(Cc1ccc(O)cc1)OC1[C@@H](O)[C@H](O)C(OC(=O)Cc2ccc(O)cc2)[C@H](O)[C@H]1O. The number of phenolic OH excluding ortho intramolecular Hbond substituents is 2. The van der Waals surface area contributed by atoms with Crippen LogP contribution in [-0.2, 0) is 31.9 Å². The van der Waals surface area contributed by atoms with E-state index in [0.29, 0.717) is 11.1 Å². The molecule has 2 aromatic carbocycles. The molecule has 10 heteroatoms. The summed E-state index contributed by atoms with van der Waals surface area (Å²) in [4.78, 5) is 24.4. The summed E-state index contributed by atoms with van der Waals surface area (Å²) in [6, 6.07) is 11.4. The van der Waals surface area contributed by atoms with Gasteiger partial charge in [0.2, 0.25) is 0 Å². The van der Waals surface area contributed by atoms with E-state index in [1.807, 2.05) is 0 Å². The first kappa shape index (κ1) is 23.5. The van der Waals surface area contributed by atoms with Crippen LogP contribution in [0.2, 0.25) is 0 Å². The van der Waals surface area contributed by atoms with Crippen LogP contribution in [0, 0.1) is 0 Å². The van der Waals surface area contributed by atoms with E-state index in [1.165, 1.54) is 48.5 Å². The highest BCUT2D eigenvalue weighted by Gasteiger charge is 2.52. The summed E-state index contributed by atoms with van der Waals surface area (Å²) < 4.78 is 10.1. The number of aromatic hydroxyl groups is 2. The van der Waals surface area contributed by atoms with Crippen LogP contribution in [-0.4, -0.2) is 79.2 Å². The van der Waals surface area contributed by atoms with E-state index >= 15 is 0 Å². The second kappa shape index (κ2) is 9.96. The Morgan fingerprint density at radius 2 is 0.875 bits per heavy atom. The minimum Gasteiger partial charge on any atom is -0.508 e. The standard InChI is InChI=1S/C22H24O10/c23-13-5-1-11(2-6-13)9-15(25)31-21-17(27)19(29)22(20(30)18(21)28)32-16(26)10-12-3-7-14(24)8-4-12/h1-8,17-24,27-30H,9-10H2/t17-,18+,19-,20+,21?,22?. The van der Waals surface area contributed by atoms with E-state index in [2.05, 4.69) is 0 Å². The van der Waals surface area contributed by atoms with Crippen molar-refractivity contribution in [2.45, 2.75) is 49.5 Å². The zero-order valence-corrected chi connectivity index (χ0v) is 16.8. The molecule has 0 spiro atoms. The normalized spacial score (nSPS) is 27.5. The molecule has 6 N–H and O–H groups in total. The predicted octanol–water partition coefficient (Wildman–Crippen LogP) is -0.836. The van der Waals surface area contributed by atoms with Crippen molar-refractivity contribution in [2.75, 3.05) is 0 Å². The monoisotopic (exact) mass is 448 g/mol. The van der Waals surface area contributed by atoms with Gasteiger partial charge in [0.1, 0.15) is 35.9 Å². The molecule has 6 atom stereocenters. The largest absolute Gasteiger partial charge is 0.508 e. The van der Waals surface area contributed by atoms with E-state index in [-0.39, 0.29) is 24.3 Å². The molecule has 1 aliphatic carbocycles. The first-order chi connectivity index (χ1) is 15.2. The second-order valence-electron chi connectivity index (χ2n) is 7.56. The van der Waals surface area contributed by atoms with E-state index < -0.39 is 48.6 Å². The van der Waals surface area contributed by atoms with Gasteiger partial charge in [-0.3, -0.25) is 9.59 Å². The molecule has 10 nitrogen and oxygen atoms in total. The average molecular weight is 448 g/mol. The van der Waals surface area contributed by atoms with E-state index in [1.54, 1.807) is 0 Å². The summed E-state index contributed by atoms with van der Waals surface area (Å²) in [5.74, 6) is -1.67. The van der Waals surface area contributed by atoms with Crippen LogP contribution in [0.15, 0.2) is 48.5 Å². The fourth-order valence-corrected chi connectivity index (χ4v) is 3.41. The predicted molar refractivity (Wildman–Crippen MR) is 107 cm³/mol. The fourth-order valence-electron chi connectivity index (χ4n) is 3.41. The first-order valence-corrected chi connectivity index (χ1v) is 9.82. The minimum atomic E-state index is -1.83. The highest BCUT2D eigenvalue weighted by atomic mass is 16.6. The molecule has 2 unspecified atom stereocenters. The number of aliphatic hydroxyl groups is 4. The summed E-state index contributed by atoms with van der Waals surface area (Å²) in [6.07, 6.45) is -11.1. The van der Waals surface area contributed by atoms with Gasteiger partial charge >= 0.3 is 11.9 Å². The second-order valence-corrected chi connectivity index (χ2v) is 7.56. The summed E-state index contributed by atoms with van der Waals surface area (Å²) in [6.45, 7) is 0. The summed E-state index contributed by atoms with van der Waals surface area (Å²) in [7, 11) is 0. The Balaban J connectivity index is 1.61. The van der Waals surface area contributed by atoms with Gasteiger partial charge in [0.25, 0.3) is 0 Å². The van der Waals surface area contributed by atoms with Crippen LogP contribution >= 0.6 is 0 Å². The maximum Gasteiger partial charge on any atom is 0.310 e. The zero-order valence-electron chi connectivity index (χ0n) is 16.8. The minimum absolute atomic E-state index is 0.0116. The molecule has 0 aliphatic heterocycles. The van der Waals surface area contributed by atoms with Crippen molar-refractivity contribution >= 4 is 11.9 Å². The Morgan fingerprint density at radius 1 is 0.594 bits per heavy atom. The smallest absolute Gasteiger partial charge is 0.310 e. The third-order valence-electron chi connectivity index (χ3n) is 5.15. The van der Waals surface area contributed by atoms with Gasteiger partial charge in [-0.05, 0) is 35.4 Å². The maximum atomic E-state index is 12.2. The van der Waals surface area contributed by atoms with Crippen LogP contribution in [0.25, 0.3) is 0 Å². The molecule has 1 saturated carbocycles. The molecule has 1 aliphatic rings. The van der Waals surface area contributed by atoms with Gasteiger partial charge in [-0.15, -0.1) is 0 Å². The Morgan fingerprint density at radius 3 is 1.16 bits per heavy atom. The summed E-state index contributed by atoms with van der Waals surface area (Å²) >= 11 is 0. The first-order valence-electron chi connectivity index (χ1n) is 9.82. The quantitative estimate of drug-likeness (QED) is 0.306. The molecule has 32 heavy (non-hydrogen) atoms. The molecule has 3 rings (SSSR count). The number of hydrogen-bond acceptors (Lipinski definition) is 10. The van der Waals surface area contributed by atoms with Gasteiger partial charge in [-0.1, -0.05) is 24.3 Å². The molecule has 0 bridgehead atoms. The summed E-state index contributed by atoms with van der Waals surface area (Å²) in [5.41, 5.74) is 0.990. The Labute approximate surface area is 182 Å². The van der Waals surface area contributed by atoms with Crippen molar-refractivity contribution in [1.82, 2.24) is 0 Å². The molecular weight excluding hydrogens is 424 g/mol. The van der Waals surface area contributed by atoms with Gasteiger partial charge in [0, 0.05) is 0 Å². The molecule has 172 valence electrons. The molecule has 2 aromatic rings. The maximum absolute atomic E-state index is 12.2. The number of esters is 2. The van der Waals surface area contributed by atoms with Crippen molar-refractivity contribution in [2.24, 2.45) is 0 Å². The lowest BCUT2D eigenvalue weighted by molar-refractivity contribution is -0.240. The van der Waals surface area contributed by atoms with Gasteiger partial charge < -0.3 is 40.1 Å². The van der Waals surface area contributed by atoms with Crippen LogP contribution in [0.1, 0.15) is 11.1 Å². The highest BCUT2D eigenvalue weighted by molar-refractivity contribution is 5.73. The van der Waals surface area contributed by atoms with E-state index in [9.17, 15) is 40.2 Å². The molecule has 0 radical (unpaired) electrons. The number of ether oxygens (including phenoxy) is 2.